The molecule has 0 aliphatic carbocycles. The van der Waals surface area contributed by atoms with Crippen molar-refractivity contribution in [1.29, 1.82) is 0 Å². The van der Waals surface area contributed by atoms with Crippen molar-refractivity contribution < 1.29 is 19.8 Å². The van der Waals surface area contributed by atoms with E-state index in [0.29, 0.717) is 13.0 Å². The minimum absolute atomic E-state index is 0.209. The fraction of sp³-hybridized carbons (Fsp3) is 0.556. The number of hydrogen-bond acceptors (Lipinski definition) is 5. The van der Waals surface area contributed by atoms with Crippen molar-refractivity contribution >= 4 is 11.8 Å². The van der Waals surface area contributed by atoms with Crippen molar-refractivity contribution in [3.8, 4) is 0 Å². The molecule has 7 heteroatoms. The van der Waals surface area contributed by atoms with E-state index in [4.69, 9.17) is 0 Å². The summed E-state index contributed by atoms with van der Waals surface area (Å²) in [6, 6.07) is 10.0. The van der Waals surface area contributed by atoms with Crippen molar-refractivity contribution in [2.75, 3.05) is 19.6 Å². The largest absolute Gasteiger partial charge is 0.384 e. The summed E-state index contributed by atoms with van der Waals surface area (Å²) < 4.78 is 0. The van der Waals surface area contributed by atoms with Crippen LogP contribution in [-0.2, 0) is 16.1 Å². The van der Waals surface area contributed by atoms with Gasteiger partial charge in [0.2, 0.25) is 11.8 Å². The number of aliphatic hydroxyl groups is 2. The van der Waals surface area contributed by atoms with Crippen molar-refractivity contribution in [3.63, 3.8) is 0 Å². The quantitative estimate of drug-likeness (QED) is 0.538. The molecule has 3 unspecified atom stereocenters. The SMILES string of the molecule is CC(O)C(=O)NCC1(NC(=O)C(C)O)CCN(Cc2ccccc2)C1. The highest BCUT2D eigenvalue weighted by Crippen LogP contribution is 2.23. The molecule has 2 amide bonds. The van der Waals surface area contributed by atoms with Crippen LogP contribution in [0.2, 0.25) is 0 Å². The molecule has 1 aromatic rings. The number of nitrogens with one attached hydrogen (secondary N) is 2. The molecule has 4 N–H and O–H groups in total. The molecule has 0 radical (unpaired) electrons. The number of nitrogens with zero attached hydrogens (tertiary/aromatic N) is 1. The van der Waals surface area contributed by atoms with Gasteiger partial charge in [0, 0.05) is 26.2 Å². The first-order chi connectivity index (χ1) is 11.8. The van der Waals surface area contributed by atoms with Crippen LogP contribution >= 0.6 is 0 Å². The lowest BCUT2D eigenvalue weighted by molar-refractivity contribution is -0.132. The molecule has 0 bridgehead atoms. The molecule has 0 aromatic heterocycles. The fourth-order valence-corrected chi connectivity index (χ4v) is 3.00. The van der Waals surface area contributed by atoms with E-state index in [2.05, 4.69) is 15.5 Å². The van der Waals surface area contributed by atoms with E-state index in [1.165, 1.54) is 19.4 Å². The average molecular weight is 349 g/mol. The van der Waals surface area contributed by atoms with Crippen molar-refractivity contribution in [2.45, 2.75) is 44.6 Å². The number of carbonyl (C=O) groups excluding carboxylic acids is 2. The van der Waals surface area contributed by atoms with Gasteiger partial charge < -0.3 is 20.8 Å². The third-order valence-corrected chi connectivity index (χ3v) is 4.43. The number of benzene rings is 1. The Labute approximate surface area is 148 Å². The van der Waals surface area contributed by atoms with Crippen LogP contribution in [0.25, 0.3) is 0 Å². The van der Waals surface area contributed by atoms with E-state index < -0.39 is 29.6 Å². The number of likely N-dealkylation sites (tertiary alicyclic amines) is 1. The molecule has 2 rings (SSSR count). The van der Waals surface area contributed by atoms with Gasteiger partial charge in [0.1, 0.15) is 12.2 Å². The second-order valence-electron chi connectivity index (χ2n) is 6.79. The summed E-state index contributed by atoms with van der Waals surface area (Å²) in [6.45, 7) is 5.08. The Hall–Kier alpha value is -1.96. The molecule has 0 saturated carbocycles. The fourth-order valence-electron chi connectivity index (χ4n) is 3.00. The smallest absolute Gasteiger partial charge is 0.249 e. The molecule has 1 heterocycles. The molecule has 1 aromatic carbocycles. The van der Waals surface area contributed by atoms with Gasteiger partial charge in [-0.05, 0) is 25.8 Å². The Bertz CT molecular complexity index is 591. The molecule has 1 aliphatic heterocycles. The van der Waals surface area contributed by atoms with Crippen LogP contribution in [0.3, 0.4) is 0 Å². The second kappa shape index (κ2) is 8.42. The van der Waals surface area contributed by atoms with Gasteiger partial charge in [-0.25, -0.2) is 0 Å². The highest BCUT2D eigenvalue weighted by molar-refractivity contribution is 5.82. The highest BCUT2D eigenvalue weighted by Gasteiger charge is 2.40. The van der Waals surface area contributed by atoms with Gasteiger partial charge in [0.05, 0.1) is 5.54 Å². The zero-order valence-electron chi connectivity index (χ0n) is 14.7. The first-order valence-electron chi connectivity index (χ1n) is 8.53. The van der Waals surface area contributed by atoms with Crippen LogP contribution in [0.1, 0.15) is 25.8 Å². The van der Waals surface area contributed by atoms with Gasteiger partial charge in [-0.15, -0.1) is 0 Å². The summed E-state index contributed by atoms with van der Waals surface area (Å²) >= 11 is 0. The zero-order chi connectivity index (χ0) is 18.4. The van der Waals surface area contributed by atoms with E-state index in [1.807, 2.05) is 30.3 Å². The molecular formula is C18H27N3O4. The Kier molecular flexibility index (Phi) is 6.52. The number of aliphatic hydroxyl groups excluding tert-OH is 2. The van der Waals surface area contributed by atoms with Gasteiger partial charge in [-0.3, -0.25) is 14.5 Å². The lowest BCUT2D eigenvalue weighted by Gasteiger charge is -2.32. The molecule has 0 spiro atoms. The maximum absolute atomic E-state index is 12.0. The Morgan fingerprint density at radius 3 is 2.40 bits per heavy atom. The summed E-state index contributed by atoms with van der Waals surface area (Å²) in [6.07, 6.45) is -1.57. The molecule has 1 aliphatic rings. The average Bonchev–Trinajstić information content (AvgIpc) is 2.96. The van der Waals surface area contributed by atoms with Crippen LogP contribution in [0.5, 0.6) is 0 Å². The van der Waals surface area contributed by atoms with E-state index in [0.717, 1.165) is 13.1 Å². The van der Waals surface area contributed by atoms with Crippen molar-refractivity contribution in [3.05, 3.63) is 35.9 Å². The molecule has 138 valence electrons. The third kappa shape index (κ3) is 5.52. The van der Waals surface area contributed by atoms with Crippen LogP contribution in [0.4, 0.5) is 0 Å². The predicted molar refractivity (Wildman–Crippen MR) is 93.6 cm³/mol. The molecule has 1 fully saturated rings. The normalized spacial score (nSPS) is 23.0. The van der Waals surface area contributed by atoms with Crippen molar-refractivity contribution in [2.24, 2.45) is 0 Å². The van der Waals surface area contributed by atoms with Gasteiger partial charge in [-0.2, -0.15) is 0 Å². The van der Waals surface area contributed by atoms with E-state index in [9.17, 15) is 19.8 Å². The molecule has 25 heavy (non-hydrogen) atoms. The second-order valence-corrected chi connectivity index (χ2v) is 6.79. The topological polar surface area (TPSA) is 102 Å². The van der Waals surface area contributed by atoms with Crippen LogP contribution < -0.4 is 10.6 Å². The number of rotatable bonds is 7. The minimum Gasteiger partial charge on any atom is -0.384 e. The van der Waals surface area contributed by atoms with Crippen LogP contribution in [-0.4, -0.2) is 64.3 Å². The molecular weight excluding hydrogens is 322 g/mol. The minimum atomic E-state index is -1.12. The summed E-state index contributed by atoms with van der Waals surface area (Å²) in [5, 5.41) is 24.4. The first-order valence-corrected chi connectivity index (χ1v) is 8.53. The summed E-state index contributed by atoms with van der Waals surface area (Å²) in [7, 11) is 0. The lowest BCUT2D eigenvalue weighted by Crippen LogP contribution is -2.59. The first kappa shape index (κ1) is 19.4. The van der Waals surface area contributed by atoms with Gasteiger partial charge in [-0.1, -0.05) is 30.3 Å². The van der Waals surface area contributed by atoms with Gasteiger partial charge in [0.25, 0.3) is 0 Å². The Balaban J connectivity index is 2.04. The lowest BCUT2D eigenvalue weighted by atomic mass is 9.97. The zero-order valence-corrected chi connectivity index (χ0v) is 14.7. The molecule has 7 nitrogen and oxygen atoms in total. The van der Waals surface area contributed by atoms with Gasteiger partial charge in [0.15, 0.2) is 0 Å². The third-order valence-electron chi connectivity index (χ3n) is 4.43. The van der Waals surface area contributed by atoms with Crippen molar-refractivity contribution in [1.82, 2.24) is 15.5 Å². The molecule has 3 atom stereocenters. The van der Waals surface area contributed by atoms with E-state index in [-0.39, 0.29) is 6.54 Å². The standard InChI is InChI=1S/C18H27N3O4/c1-13(22)16(24)19-11-18(20-17(25)14(2)23)8-9-21(12-18)10-15-6-4-3-5-7-15/h3-7,13-14,22-23H,8-12H2,1-2H3,(H,19,24)(H,20,25). The Morgan fingerprint density at radius 1 is 1.16 bits per heavy atom. The maximum atomic E-state index is 12.0. The van der Waals surface area contributed by atoms with E-state index >= 15 is 0 Å². The van der Waals surface area contributed by atoms with E-state index in [1.54, 1.807) is 0 Å². The number of hydrogen-bond donors (Lipinski definition) is 4. The van der Waals surface area contributed by atoms with Gasteiger partial charge >= 0.3 is 0 Å². The summed E-state index contributed by atoms with van der Waals surface area (Å²) in [5.41, 5.74) is 0.515. The van der Waals surface area contributed by atoms with Crippen LogP contribution in [0.15, 0.2) is 30.3 Å². The number of carbonyl (C=O) groups is 2. The number of amides is 2. The monoisotopic (exact) mass is 349 g/mol. The summed E-state index contributed by atoms with van der Waals surface area (Å²) in [4.78, 5) is 25.9. The molecule has 1 saturated heterocycles. The summed E-state index contributed by atoms with van der Waals surface area (Å²) in [5.74, 6) is -0.944. The van der Waals surface area contributed by atoms with Crippen LogP contribution in [0, 0.1) is 0 Å². The predicted octanol–water partition coefficient (Wildman–Crippen LogP) is -0.375. The Morgan fingerprint density at radius 2 is 1.80 bits per heavy atom. The highest BCUT2D eigenvalue weighted by atomic mass is 16.3. The maximum Gasteiger partial charge on any atom is 0.249 e.